The van der Waals surface area contributed by atoms with Crippen molar-refractivity contribution in [2.24, 2.45) is 0 Å². The van der Waals surface area contributed by atoms with Crippen molar-refractivity contribution in [1.82, 2.24) is 0 Å². The SMILES string of the molecule is CCCCCCCCCCCCCC(=O)OC(COC(=O)CCCCCCCCCC)COC(OCC[N+](C)(C)C)C(=O)O. The summed E-state index contributed by atoms with van der Waals surface area (Å²) in [5, 5.41) is 9.54. The predicted molar refractivity (Wildman–Crippen MR) is 175 cm³/mol. The highest BCUT2D eigenvalue weighted by atomic mass is 16.7. The van der Waals surface area contributed by atoms with Crippen molar-refractivity contribution < 1.29 is 42.9 Å². The normalized spacial score (nSPS) is 13.0. The van der Waals surface area contributed by atoms with Gasteiger partial charge >= 0.3 is 17.9 Å². The van der Waals surface area contributed by atoms with Crippen LogP contribution < -0.4 is 0 Å². The van der Waals surface area contributed by atoms with Gasteiger partial charge in [0, 0.05) is 12.8 Å². The summed E-state index contributed by atoms with van der Waals surface area (Å²) in [5.41, 5.74) is 0. The number of unbranched alkanes of at least 4 members (excludes halogenated alkanes) is 17. The number of hydrogen-bond acceptors (Lipinski definition) is 7. The van der Waals surface area contributed by atoms with E-state index in [2.05, 4.69) is 13.8 Å². The van der Waals surface area contributed by atoms with Crippen LogP contribution in [0.3, 0.4) is 0 Å². The summed E-state index contributed by atoms with van der Waals surface area (Å²) in [6, 6.07) is 0. The molecule has 0 fully saturated rings. The van der Waals surface area contributed by atoms with E-state index >= 15 is 0 Å². The third kappa shape index (κ3) is 29.0. The Labute approximate surface area is 269 Å². The molecule has 0 aromatic heterocycles. The van der Waals surface area contributed by atoms with E-state index in [9.17, 15) is 19.5 Å². The molecule has 0 heterocycles. The number of ether oxygens (including phenoxy) is 4. The summed E-state index contributed by atoms with van der Waals surface area (Å²) in [4.78, 5) is 36.6. The van der Waals surface area contributed by atoms with Crippen molar-refractivity contribution in [3.05, 3.63) is 0 Å². The molecule has 0 bridgehead atoms. The van der Waals surface area contributed by atoms with Crippen molar-refractivity contribution in [2.75, 3.05) is 47.5 Å². The lowest BCUT2D eigenvalue weighted by atomic mass is 10.1. The Kier molecular flexibility index (Phi) is 27.6. The van der Waals surface area contributed by atoms with Crippen LogP contribution in [0.2, 0.25) is 0 Å². The Hall–Kier alpha value is -1.71. The van der Waals surface area contributed by atoms with Gasteiger partial charge in [-0.05, 0) is 12.8 Å². The molecule has 0 rings (SSSR count). The van der Waals surface area contributed by atoms with Gasteiger partial charge < -0.3 is 28.5 Å². The average molecular weight is 631 g/mol. The molecule has 1 N–H and O–H groups in total. The van der Waals surface area contributed by atoms with Crippen LogP contribution in [0.15, 0.2) is 0 Å². The Morgan fingerprint density at radius 2 is 1.02 bits per heavy atom. The van der Waals surface area contributed by atoms with Crippen LogP contribution in [-0.2, 0) is 33.3 Å². The highest BCUT2D eigenvalue weighted by Gasteiger charge is 2.25. The van der Waals surface area contributed by atoms with Crippen LogP contribution >= 0.6 is 0 Å². The molecule has 0 aliphatic carbocycles. The Morgan fingerprint density at radius 1 is 0.591 bits per heavy atom. The van der Waals surface area contributed by atoms with Crippen molar-refractivity contribution >= 4 is 17.9 Å². The van der Waals surface area contributed by atoms with Gasteiger partial charge in [-0.3, -0.25) is 9.59 Å². The summed E-state index contributed by atoms with van der Waals surface area (Å²) in [6.45, 7) is 4.81. The minimum atomic E-state index is -1.50. The monoisotopic (exact) mass is 630 g/mol. The number of rotatable bonds is 32. The summed E-state index contributed by atoms with van der Waals surface area (Å²) >= 11 is 0. The van der Waals surface area contributed by atoms with E-state index in [0.717, 1.165) is 38.5 Å². The standard InChI is InChI=1S/C35H67NO8/c1-6-8-10-12-14-16-17-18-20-22-24-26-33(38)44-31(30-43-35(34(39)40)41-28-27-36(3,4)5)29-42-32(37)25-23-21-19-15-13-11-9-7-2/h31,35H,6-30H2,1-5H3/p+1. The smallest absolute Gasteiger partial charge is 0.361 e. The zero-order valence-electron chi connectivity index (χ0n) is 29.1. The average Bonchev–Trinajstić information content (AvgIpc) is 2.96. The van der Waals surface area contributed by atoms with Crippen molar-refractivity contribution in [3.63, 3.8) is 0 Å². The van der Waals surface area contributed by atoms with Gasteiger partial charge in [-0.25, -0.2) is 4.79 Å². The Morgan fingerprint density at radius 3 is 1.45 bits per heavy atom. The number of nitrogens with zero attached hydrogens (tertiary/aromatic N) is 1. The first kappa shape index (κ1) is 42.3. The number of hydrogen-bond donors (Lipinski definition) is 1. The highest BCUT2D eigenvalue weighted by Crippen LogP contribution is 2.14. The maximum atomic E-state index is 12.6. The first-order valence-electron chi connectivity index (χ1n) is 17.7. The number of carboxylic acid groups (broad SMARTS) is 1. The molecule has 0 amide bonds. The van der Waals surface area contributed by atoms with Crippen LogP contribution in [0, 0.1) is 0 Å². The Balaban J connectivity index is 4.58. The second-order valence-electron chi connectivity index (χ2n) is 13.2. The van der Waals surface area contributed by atoms with Gasteiger partial charge in [0.1, 0.15) is 13.2 Å². The lowest BCUT2D eigenvalue weighted by Gasteiger charge is -2.25. The summed E-state index contributed by atoms with van der Waals surface area (Å²) in [6.07, 6.45) is 20.3. The quantitative estimate of drug-likeness (QED) is 0.0347. The number of carboxylic acids is 1. The van der Waals surface area contributed by atoms with Gasteiger partial charge in [0.2, 0.25) is 0 Å². The van der Waals surface area contributed by atoms with Crippen LogP contribution in [-0.4, -0.2) is 87.4 Å². The number of esters is 2. The first-order chi connectivity index (χ1) is 21.1. The summed E-state index contributed by atoms with van der Waals surface area (Å²) < 4.78 is 22.5. The predicted octanol–water partition coefficient (Wildman–Crippen LogP) is 7.82. The minimum absolute atomic E-state index is 0.176. The third-order valence-electron chi connectivity index (χ3n) is 7.61. The molecule has 260 valence electrons. The molecule has 0 spiro atoms. The Bertz CT molecular complexity index is 709. The molecule has 0 saturated carbocycles. The topological polar surface area (TPSA) is 108 Å². The summed E-state index contributed by atoms with van der Waals surface area (Å²) in [5.74, 6) is -2.01. The lowest BCUT2D eigenvalue weighted by molar-refractivity contribution is -0.870. The number of aliphatic carboxylic acids is 1. The van der Waals surface area contributed by atoms with Crippen LogP contribution in [0.5, 0.6) is 0 Å². The number of quaternary nitrogens is 1. The second kappa shape index (κ2) is 28.7. The van der Waals surface area contributed by atoms with E-state index in [1.807, 2.05) is 21.1 Å². The van der Waals surface area contributed by atoms with Crippen LogP contribution in [0.1, 0.15) is 149 Å². The molecule has 2 unspecified atom stereocenters. The van der Waals surface area contributed by atoms with Crippen molar-refractivity contribution in [1.29, 1.82) is 0 Å². The molecule has 0 aromatic rings. The molecule has 9 heteroatoms. The number of carbonyl (C=O) groups is 3. The largest absolute Gasteiger partial charge is 0.477 e. The molecule has 0 aliphatic rings. The molecule has 0 aliphatic heterocycles. The fourth-order valence-electron chi connectivity index (χ4n) is 4.77. The molecule has 9 nitrogen and oxygen atoms in total. The second-order valence-corrected chi connectivity index (χ2v) is 13.2. The van der Waals surface area contributed by atoms with Gasteiger partial charge in [-0.15, -0.1) is 0 Å². The van der Waals surface area contributed by atoms with E-state index in [0.29, 0.717) is 17.4 Å². The fraction of sp³-hybridized carbons (Fsp3) is 0.914. The van der Waals surface area contributed by atoms with Crippen molar-refractivity contribution in [3.8, 4) is 0 Å². The first-order valence-corrected chi connectivity index (χ1v) is 17.7. The fourth-order valence-corrected chi connectivity index (χ4v) is 4.77. The molecular formula is C35H68NO8+. The zero-order valence-corrected chi connectivity index (χ0v) is 29.1. The van der Waals surface area contributed by atoms with E-state index < -0.39 is 24.3 Å². The highest BCUT2D eigenvalue weighted by molar-refractivity contribution is 5.71. The maximum absolute atomic E-state index is 12.6. The van der Waals surface area contributed by atoms with Gasteiger partial charge in [0.15, 0.2) is 6.10 Å². The van der Waals surface area contributed by atoms with Gasteiger partial charge in [-0.1, -0.05) is 123 Å². The molecule has 0 radical (unpaired) electrons. The van der Waals surface area contributed by atoms with Crippen LogP contribution in [0.25, 0.3) is 0 Å². The van der Waals surface area contributed by atoms with E-state index in [-0.39, 0.29) is 32.2 Å². The van der Waals surface area contributed by atoms with Gasteiger partial charge in [0.25, 0.3) is 6.29 Å². The zero-order chi connectivity index (χ0) is 32.9. The van der Waals surface area contributed by atoms with E-state index in [4.69, 9.17) is 18.9 Å². The number of carbonyl (C=O) groups excluding carboxylic acids is 2. The van der Waals surface area contributed by atoms with E-state index in [1.54, 1.807) is 0 Å². The van der Waals surface area contributed by atoms with Crippen LogP contribution in [0.4, 0.5) is 0 Å². The molecular weight excluding hydrogens is 562 g/mol. The molecule has 2 atom stereocenters. The third-order valence-corrected chi connectivity index (χ3v) is 7.61. The minimum Gasteiger partial charge on any atom is -0.477 e. The molecule has 44 heavy (non-hydrogen) atoms. The van der Waals surface area contributed by atoms with Gasteiger partial charge in [-0.2, -0.15) is 0 Å². The molecule has 0 saturated heterocycles. The van der Waals surface area contributed by atoms with Crippen molar-refractivity contribution in [2.45, 2.75) is 161 Å². The lowest BCUT2D eigenvalue weighted by Crippen LogP contribution is -2.40. The van der Waals surface area contributed by atoms with E-state index in [1.165, 1.54) is 83.5 Å². The number of likely N-dealkylation sites (N-methyl/N-ethyl adjacent to an activating group) is 1. The molecule has 0 aromatic carbocycles. The van der Waals surface area contributed by atoms with Gasteiger partial charge in [0.05, 0.1) is 34.4 Å². The summed E-state index contributed by atoms with van der Waals surface area (Å²) in [7, 11) is 5.94. The maximum Gasteiger partial charge on any atom is 0.361 e.